The molecule has 272 valence electrons. The van der Waals surface area contributed by atoms with Crippen molar-refractivity contribution in [3.63, 3.8) is 0 Å². The first kappa shape index (κ1) is 36.2. The standard InChI is InChI=1S/C38H38N8O6S/c1-21-31(33(45-37(39)41-21)23-5-13-27(51-3)14-6-23)35(47)43-25-9-17-29(18-10-25)53(49,50)30-19-11-26(12-20-30)44-36(48)32-22(2)42-38(40)46-34(32)24-7-15-28(52-4)16-8-24/h5-22H,1-4H3,(H,43,47)(H,44,48)(H3,39,41,45)(H3,40,42,46). The monoisotopic (exact) mass is 734 g/mol. The lowest BCUT2D eigenvalue weighted by Gasteiger charge is -2.24. The summed E-state index contributed by atoms with van der Waals surface area (Å²) < 4.78 is 37.6. The number of anilines is 2. The topological polar surface area (TPSA) is 212 Å². The maximum Gasteiger partial charge on any atom is 0.255 e. The highest BCUT2D eigenvalue weighted by Crippen LogP contribution is 2.29. The average Bonchev–Trinajstić information content (AvgIpc) is 3.14. The van der Waals surface area contributed by atoms with Crippen LogP contribution >= 0.6 is 0 Å². The van der Waals surface area contributed by atoms with Crippen LogP contribution in [-0.2, 0) is 19.4 Å². The van der Waals surface area contributed by atoms with Crippen molar-refractivity contribution >= 4 is 56.3 Å². The number of ether oxygens (including phenoxy) is 2. The third kappa shape index (κ3) is 7.69. The molecule has 8 N–H and O–H groups in total. The minimum Gasteiger partial charge on any atom is -0.497 e. The minimum absolute atomic E-state index is 0.0161. The zero-order valence-electron chi connectivity index (χ0n) is 29.3. The number of methoxy groups -OCH3 is 2. The van der Waals surface area contributed by atoms with Gasteiger partial charge in [0.25, 0.3) is 11.8 Å². The molecule has 0 saturated heterocycles. The van der Waals surface area contributed by atoms with E-state index in [0.29, 0.717) is 56.5 Å². The summed E-state index contributed by atoms with van der Waals surface area (Å²) in [7, 11) is -0.819. The number of benzene rings is 4. The molecule has 4 aromatic rings. The molecule has 14 nitrogen and oxygen atoms in total. The number of amides is 2. The normalized spacial score (nSPS) is 17.1. The summed E-state index contributed by atoms with van der Waals surface area (Å²) in [6.45, 7) is 3.52. The first-order chi connectivity index (χ1) is 25.4. The van der Waals surface area contributed by atoms with Crippen LogP contribution in [0, 0.1) is 0 Å². The van der Waals surface area contributed by atoms with Crippen LogP contribution in [-0.4, -0.2) is 58.5 Å². The molecule has 4 aromatic carbocycles. The van der Waals surface area contributed by atoms with Crippen molar-refractivity contribution in [2.45, 2.75) is 35.7 Å². The highest BCUT2D eigenvalue weighted by molar-refractivity contribution is 7.91. The Balaban J connectivity index is 1.17. The van der Waals surface area contributed by atoms with E-state index in [4.69, 9.17) is 20.9 Å². The lowest BCUT2D eigenvalue weighted by Crippen LogP contribution is -2.39. The van der Waals surface area contributed by atoms with Gasteiger partial charge in [0.2, 0.25) is 9.84 Å². The van der Waals surface area contributed by atoms with Crippen molar-refractivity contribution < 1.29 is 27.5 Å². The van der Waals surface area contributed by atoms with Crippen LogP contribution in [0.2, 0.25) is 0 Å². The quantitative estimate of drug-likeness (QED) is 0.139. The summed E-state index contributed by atoms with van der Waals surface area (Å²) >= 11 is 0. The largest absolute Gasteiger partial charge is 0.497 e. The summed E-state index contributed by atoms with van der Waals surface area (Å²) in [5.74, 6) is 0.812. The number of hydrogen-bond donors (Lipinski definition) is 6. The Morgan fingerprint density at radius 2 is 0.943 bits per heavy atom. The van der Waals surface area contributed by atoms with E-state index in [0.717, 1.165) is 0 Å². The van der Waals surface area contributed by atoms with Crippen LogP contribution < -0.4 is 42.2 Å². The molecule has 6 rings (SSSR count). The first-order valence-electron chi connectivity index (χ1n) is 16.4. The molecule has 2 amide bonds. The number of carbonyl (C=O) groups is 2. The Kier molecular flexibility index (Phi) is 10.2. The Labute approximate surface area is 306 Å². The fourth-order valence-electron chi connectivity index (χ4n) is 5.96. The number of sulfone groups is 1. The van der Waals surface area contributed by atoms with Gasteiger partial charge < -0.3 is 42.2 Å². The summed E-state index contributed by atoms with van der Waals surface area (Å²) in [6.07, 6.45) is 0. The van der Waals surface area contributed by atoms with Gasteiger partial charge in [-0.15, -0.1) is 0 Å². The fraction of sp³-hybridized carbons (Fsp3) is 0.158. The van der Waals surface area contributed by atoms with Crippen molar-refractivity contribution in [1.29, 1.82) is 0 Å². The Hall–Kier alpha value is -6.61. The third-order valence-electron chi connectivity index (χ3n) is 8.64. The molecule has 2 atom stereocenters. The van der Waals surface area contributed by atoms with Crippen LogP contribution in [0.3, 0.4) is 0 Å². The van der Waals surface area contributed by atoms with Gasteiger partial charge in [0.15, 0.2) is 11.9 Å². The van der Waals surface area contributed by atoms with Gasteiger partial charge >= 0.3 is 0 Å². The lowest BCUT2D eigenvalue weighted by molar-refractivity contribution is -0.113. The van der Waals surface area contributed by atoms with Crippen LogP contribution in [0.15, 0.2) is 128 Å². The summed E-state index contributed by atoms with van der Waals surface area (Å²) in [5, 5.41) is 11.7. The van der Waals surface area contributed by atoms with E-state index in [9.17, 15) is 18.0 Å². The zero-order valence-corrected chi connectivity index (χ0v) is 30.1. The molecule has 0 spiro atoms. The number of rotatable bonds is 10. The highest BCUT2D eigenvalue weighted by atomic mass is 32.2. The highest BCUT2D eigenvalue weighted by Gasteiger charge is 2.29. The van der Waals surface area contributed by atoms with Crippen molar-refractivity contribution in [3.05, 3.63) is 119 Å². The van der Waals surface area contributed by atoms with Crippen molar-refractivity contribution in [1.82, 2.24) is 10.6 Å². The molecule has 15 heteroatoms. The van der Waals surface area contributed by atoms with E-state index in [2.05, 4.69) is 31.3 Å². The van der Waals surface area contributed by atoms with Gasteiger partial charge in [0, 0.05) is 11.4 Å². The van der Waals surface area contributed by atoms with Gasteiger partial charge in [-0.2, -0.15) is 0 Å². The van der Waals surface area contributed by atoms with E-state index in [1.165, 1.54) is 48.5 Å². The molecule has 0 radical (unpaired) electrons. The van der Waals surface area contributed by atoms with Gasteiger partial charge in [-0.25, -0.2) is 18.4 Å². The van der Waals surface area contributed by atoms with Gasteiger partial charge in [-0.1, -0.05) is 0 Å². The van der Waals surface area contributed by atoms with Crippen LogP contribution in [0.1, 0.15) is 25.0 Å². The molecule has 2 unspecified atom stereocenters. The van der Waals surface area contributed by atoms with E-state index in [1.54, 1.807) is 76.6 Å². The van der Waals surface area contributed by atoms with Crippen molar-refractivity contribution in [2.24, 2.45) is 21.5 Å². The third-order valence-corrected chi connectivity index (χ3v) is 10.4. The molecule has 0 aliphatic carbocycles. The molecule has 2 aliphatic heterocycles. The lowest BCUT2D eigenvalue weighted by atomic mass is 9.99. The molecule has 0 bridgehead atoms. The van der Waals surface area contributed by atoms with Crippen molar-refractivity contribution in [2.75, 3.05) is 24.9 Å². The maximum atomic E-state index is 13.6. The molecule has 2 aliphatic rings. The van der Waals surface area contributed by atoms with Crippen LogP contribution in [0.25, 0.3) is 11.4 Å². The smallest absolute Gasteiger partial charge is 0.255 e. The van der Waals surface area contributed by atoms with Gasteiger partial charge in [-0.05, 0) is 122 Å². The predicted octanol–water partition coefficient (Wildman–Crippen LogP) is 3.85. The van der Waals surface area contributed by atoms with Crippen LogP contribution in [0.4, 0.5) is 11.4 Å². The number of nitrogens with zero attached hydrogens (tertiary/aromatic N) is 2. The Morgan fingerprint density at radius 3 is 1.26 bits per heavy atom. The maximum absolute atomic E-state index is 13.6. The van der Waals surface area contributed by atoms with E-state index in [-0.39, 0.29) is 21.7 Å². The van der Waals surface area contributed by atoms with Gasteiger partial charge in [-0.3, -0.25) is 9.59 Å². The molecule has 2 heterocycles. The van der Waals surface area contributed by atoms with E-state index < -0.39 is 33.7 Å². The number of aliphatic imine (C=N–C) groups is 2. The number of nitrogens with two attached hydrogens (primary N) is 2. The fourth-order valence-corrected chi connectivity index (χ4v) is 7.23. The second-order valence-electron chi connectivity index (χ2n) is 12.1. The Bertz CT molecular complexity index is 2130. The molecular weight excluding hydrogens is 697 g/mol. The Morgan fingerprint density at radius 1 is 0.604 bits per heavy atom. The molecule has 0 fully saturated rings. The molecular formula is C38H38N8O6S. The van der Waals surface area contributed by atoms with Gasteiger partial charge in [0.05, 0.1) is 58.6 Å². The average molecular weight is 735 g/mol. The predicted molar refractivity (Wildman–Crippen MR) is 204 cm³/mol. The number of nitrogens with one attached hydrogen (secondary N) is 4. The number of guanidine groups is 2. The summed E-state index contributed by atoms with van der Waals surface area (Å²) in [5.41, 5.74) is 15.9. The van der Waals surface area contributed by atoms with E-state index in [1.807, 2.05) is 0 Å². The second-order valence-corrected chi connectivity index (χ2v) is 14.1. The van der Waals surface area contributed by atoms with Gasteiger partial charge in [0.1, 0.15) is 11.5 Å². The van der Waals surface area contributed by atoms with Crippen molar-refractivity contribution in [3.8, 4) is 11.5 Å². The van der Waals surface area contributed by atoms with Crippen LogP contribution in [0.5, 0.6) is 11.5 Å². The second kappa shape index (κ2) is 14.9. The minimum atomic E-state index is -3.95. The number of hydrogen-bond acceptors (Lipinski definition) is 12. The van der Waals surface area contributed by atoms with E-state index >= 15 is 0 Å². The summed E-state index contributed by atoms with van der Waals surface area (Å²) in [4.78, 5) is 35.7. The molecule has 0 saturated carbocycles. The molecule has 53 heavy (non-hydrogen) atoms. The molecule has 0 aromatic heterocycles. The zero-order chi connectivity index (χ0) is 37.9. The first-order valence-corrected chi connectivity index (χ1v) is 17.9. The summed E-state index contributed by atoms with van der Waals surface area (Å²) in [6, 6.07) is 24.9. The number of carbonyl (C=O) groups excluding carboxylic acids is 2. The SMILES string of the molecule is COc1ccc(C2=C(C(=O)Nc3ccc(S(=O)(=O)c4ccc(NC(=O)C5=C(c6ccc(OC)cc6)NC(N)=NC5C)cc4)cc3)C(C)N=C(N)N2)cc1.